The standard InChI is InChI=1S/C15H20N2O3/c18-15(17-7-10-3-1-4-11(10)8-17)13-14(20-9-16-13)12-5-2-6-19-12/h9-12H,1-8H2. The van der Waals surface area contributed by atoms with Crippen molar-refractivity contribution in [2.75, 3.05) is 19.7 Å². The summed E-state index contributed by atoms with van der Waals surface area (Å²) in [6.45, 7) is 2.52. The van der Waals surface area contributed by atoms with Crippen LogP contribution in [-0.2, 0) is 4.74 Å². The van der Waals surface area contributed by atoms with E-state index in [9.17, 15) is 4.79 Å². The van der Waals surface area contributed by atoms with Gasteiger partial charge in [-0.1, -0.05) is 6.42 Å². The molecule has 3 aliphatic rings. The van der Waals surface area contributed by atoms with Gasteiger partial charge in [0.15, 0.2) is 17.8 Å². The zero-order chi connectivity index (χ0) is 13.5. The van der Waals surface area contributed by atoms with E-state index in [1.807, 2.05) is 4.90 Å². The van der Waals surface area contributed by atoms with Crippen LogP contribution in [0.2, 0.25) is 0 Å². The highest BCUT2D eigenvalue weighted by Crippen LogP contribution is 2.39. The molecule has 4 rings (SSSR count). The molecule has 3 unspecified atom stereocenters. The molecule has 5 nitrogen and oxygen atoms in total. The fourth-order valence-electron chi connectivity index (χ4n) is 3.98. The first-order valence-electron chi connectivity index (χ1n) is 7.67. The second-order valence-electron chi connectivity index (χ2n) is 6.23. The maximum atomic E-state index is 12.7. The molecule has 20 heavy (non-hydrogen) atoms. The first-order chi connectivity index (χ1) is 9.83. The molecular weight excluding hydrogens is 256 g/mol. The Bertz CT molecular complexity index is 495. The summed E-state index contributed by atoms with van der Waals surface area (Å²) in [5.41, 5.74) is 0.469. The number of amides is 1. The second kappa shape index (κ2) is 4.88. The molecule has 0 N–H and O–H groups in total. The van der Waals surface area contributed by atoms with Gasteiger partial charge in [0.25, 0.3) is 5.91 Å². The number of rotatable bonds is 2. The smallest absolute Gasteiger partial charge is 0.276 e. The molecule has 1 amide bonds. The van der Waals surface area contributed by atoms with Gasteiger partial charge in [-0.2, -0.15) is 0 Å². The van der Waals surface area contributed by atoms with Crippen LogP contribution in [0, 0.1) is 11.8 Å². The average Bonchev–Trinajstić information content (AvgIpc) is 3.19. The molecule has 2 saturated heterocycles. The van der Waals surface area contributed by atoms with Crippen LogP contribution in [0.4, 0.5) is 0 Å². The zero-order valence-corrected chi connectivity index (χ0v) is 11.6. The van der Waals surface area contributed by atoms with Crippen LogP contribution in [0.1, 0.15) is 54.5 Å². The van der Waals surface area contributed by atoms with Gasteiger partial charge in [0.2, 0.25) is 0 Å². The number of hydrogen-bond acceptors (Lipinski definition) is 4. The summed E-state index contributed by atoms with van der Waals surface area (Å²) in [6, 6.07) is 0. The van der Waals surface area contributed by atoms with Gasteiger partial charge in [-0.15, -0.1) is 0 Å². The number of nitrogens with zero attached hydrogens (tertiary/aromatic N) is 2. The van der Waals surface area contributed by atoms with E-state index in [4.69, 9.17) is 9.15 Å². The van der Waals surface area contributed by atoms with E-state index in [0.29, 0.717) is 23.3 Å². The van der Waals surface area contributed by atoms with E-state index < -0.39 is 0 Å². The summed E-state index contributed by atoms with van der Waals surface area (Å²) >= 11 is 0. The van der Waals surface area contributed by atoms with Crippen molar-refractivity contribution in [3.05, 3.63) is 17.8 Å². The zero-order valence-electron chi connectivity index (χ0n) is 11.6. The fourth-order valence-corrected chi connectivity index (χ4v) is 3.98. The lowest BCUT2D eigenvalue weighted by atomic mass is 10.0. The van der Waals surface area contributed by atoms with Crippen LogP contribution in [-0.4, -0.2) is 35.5 Å². The van der Waals surface area contributed by atoms with Gasteiger partial charge in [-0.05, 0) is 37.5 Å². The van der Waals surface area contributed by atoms with Crippen LogP contribution in [0.5, 0.6) is 0 Å². The minimum absolute atomic E-state index is 0.0265. The molecule has 3 heterocycles. The summed E-state index contributed by atoms with van der Waals surface area (Å²) in [7, 11) is 0. The number of carbonyl (C=O) groups excluding carboxylic acids is 1. The lowest BCUT2D eigenvalue weighted by Crippen LogP contribution is -2.30. The van der Waals surface area contributed by atoms with Crippen molar-refractivity contribution in [2.45, 2.75) is 38.2 Å². The topological polar surface area (TPSA) is 55.6 Å². The number of ether oxygens (including phenoxy) is 1. The average molecular weight is 276 g/mol. The molecule has 0 bridgehead atoms. The lowest BCUT2D eigenvalue weighted by molar-refractivity contribution is 0.0736. The predicted octanol–water partition coefficient (Wildman–Crippen LogP) is 2.40. The van der Waals surface area contributed by atoms with E-state index in [0.717, 1.165) is 32.5 Å². The summed E-state index contributed by atoms with van der Waals surface area (Å²) in [5, 5.41) is 0. The minimum atomic E-state index is -0.0847. The van der Waals surface area contributed by atoms with Crippen LogP contribution >= 0.6 is 0 Å². The third-order valence-corrected chi connectivity index (χ3v) is 5.03. The fraction of sp³-hybridized carbons (Fsp3) is 0.733. The van der Waals surface area contributed by atoms with E-state index in [-0.39, 0.29) is 12.0 Å². The maximum absolute atomic E-state index is 12.7. The largest absolute Gasteiger partial charge is 0.445 e. The molecule has 108 valence electrons. The second-order valence-corrected chi connectivity index (χ2v) is 6.23. The molecular formula is C15H20N2O3. The molecule has 3 fully saturated rings. The van der Waals surface area contributed by atoms with Gasteiger partial charge in [0, 0.05) is 19.7 Å². The van der Waals surface area contributed by atoms with Crippen molar-refractivity contribution < 1.29 is 13.9 Å². The minimum Gasteiger partial charge on any atom is -0.445 e. The van der Waals surface area contributed by atoms with Crippen LogP contribution < -0.4 is 0 Å². The molecule has 1 saturated carbocycles. The van der Waals surface area contributed by atoms with Gasteiger partial charge in [-0.25, -0.2) is 4.98 Å². The Morgan fingerprint density at radius 1 is 1.20 bits per heavy atom. The Kier molecular flexibility index (Phi) is 3.02. The highest BCUT2D eigenvalue weighted by Gasteiger charge is 2.40. The number of aromatic nitrogens is 1. The molecule has 5 heteroatoms. The molecule has 1 aromatic heterocycles. The van der Waals surface area contributed by atoms with Gasteiger partial charge < -0.3 is 14.1 Å². The Morgan fingerprint density at radius 3 is 2.70 bits per heavy atom. The predicted molar refractivity (Wildman–Crippen MR) is 71.2 cm³/mol. The van der Waals surface area contributed by atoms with Crippen molar-refractivity contribution in [1.82, 2.24) is 9.88 Å². The number of hydrogen-bond donors (Lipinski definition) is 0. The van der Waals surface area contributed by atoms with Crippen molar-refractivity contribution in [2.24, 2.45) is 11.8 Å². The Labute approximate surface area is 118 Å². The van der Waals surface area contributed by atoms with Crippen LogP contribution in [0.3, 0.4) is 0 Å². The normalized spacial score (nSPS) is 32.8. The van der Waals surface area contributed by atoms with Crippen molar-refractivity contribution >= 4 is 5.91 Å². The molecule has 0 radical (unpaired) electrons. The summed E-state index contributed by atoms with van der Waals surface area (Å²) in [5.74, 6) is 2.07. The van der Waals surface area contributed by atoms with Gasteiger partial charge in [0.1, 0.15) is 6.10 Å². The summed E-state index contributed by atoms with van der Waals surface area (Å²) in [4.78, 5) is 18.8. The summed E-state index contributed by atoms with van der Waals surface area (Å²) < 4.78 is 11.1. The van der Waals surface area contributed by atoms with Crippen molar-refractivity contribution in [3.8, 4) is 0 Å². The Morgan fingerprint density at radius 2 is 2.00 bits per heavy atom. The first-order valence-corrected chi connectivity index (χ1v) is 7.67. The van der Waals surface area contributed by atoms with Crippen molar-refractivity contribution in [3.63, 3.8) is 0 Å². The molecule has 0 spiro atoms. The summed E-state index contributed by atoms with van der Waals surface area (Å²) in [6.07, 6.45) is 7.09. The van der Waals surface area contributed by atoms with Gasteiger partial charge >= 0.3 is 0 Å². The third kappa shape index (κ3) is 1.95. The van der Waals surface area contributed by atoms with E-state index in [1.54, 1.807) is 0 Å². The van der Waals surface area contributed by atoms with Gasteiger partial charge in [0.05, 0.1) is 0 Å². The highest BCUT2D eigenvalue weighted by molar-refractivity contribution is 5.93. The SMILES string of the molecule is O=C(c1ncoc1C1CCCO1)N1CC2CCCC2C1. The Hall–Kier alpha value is -1.36. The van der Waals surface area contributed by atoms with Gasteiger partial charge in [-0.3, -0.25) is 4.79 Å². The van der Waals surface area contributed by atoms with E-state index >= 15 is 0 Å². The quantitative estimate of drug-likeness (QED) is 0.832. The number of likely N-dealkylation sites (tertiary alicyclic amines) is 1. The van der Waals surface area contributed by atoms with E-state index in [2.05, 4.69) is 4.98 Å². The Balaban J connectivity index is 1.53. The molecule has 1 aromatic rings. The van der Waals surface area contributed by atoms with Crippen molar-refractivity contribution in [1.29, 1.82) is 0 Å². The van der Waals surface area contributed by atoms with E-state index in [1.165, 1.54) is 25.7 Å². The number of fused-ring (bicyclic) bond motifs is 1. The molecule has 1 aliphatic carbocycles. The first kappa shape index (κ1) is 12.4. The van der Waals surface area contributed by atoms with Crippen LogP contribution in [0.15, 0.2) is 10.8 Å². The lowest BCUT2D eigenvalue weighted by Gasteiger charge is -2.17. The highest BCUT2D eigenvalue weighted by atomic mass is 16.5. The maximum Gasteiger partial charge on any atom is 0.276 e. The van der Waals surface area contributed by atoms with Crippen LogP contribution in [0.25, 0.3) is 0 Å². The molecule has 0 aromatic carbocycles. The molecule has 3 atom stereocenters. The molecule has 2 aliphatic heterocycles. The monoisotopic (exact) mass is 276 g/mol. The third-order valence-electron chi connectivity index (χ3n) is 5.03. The number of carbonyl (C=O) groups is 1. The number of oxazole rings is 1.